The fourth-order valence-corrected chi connectivity index (χ4v) is 4.75. The molecule has 0 aromatic carbocycles. The van der Waals surface area contributed by atoms with E-state index in [1.54, 1.807) is 6.92 Å². The second kappa shape index (κ2) is 4.65. The molecule has 2 fully saturated rings. The Bertz CT molecular complexity index is 380. The van der Waals surface area contributed by atoms with Crippen molar-refractivity contribution >= 4 is 0 Å². The monoisotopic (exact) mass is 286 g/mol. The number of hydrogen-bond donors (Lipinski definition) is 5. The molecule has 118 valence electrons. The van der Waals surface area contributed by atoms with Gasteiger partial charge in [-0.2, -0.15) is 0 Å². The van der Waals surface area contributed by atoms with Crippen LogP contribution in [0.2, 0.25) is 0 Å². The van der Waals surface area contributed by atoms with Crippen LogP contribution in [0.15, 0.2) is 0 Å². The molecule has 0 radical (unpaired) electrons. The molecule has 2 bridgehead atoms. The first-order valence-electron chi connectivity index (χ1n) is 7.61. The first-order valence-corrected chi connectivity index (χ1v) is 7.61. The van der Waals surface area contributed by atoms with E-state index in [2.05, 4.69) is 6.92 Å². The Labute approximate surface area is 121 Å². The Morgan fingerprint density at radius 2 is 1.65 bits per heavy atom. The van der Waals surface area contributed by atoms with Crippen LogP contribution in [0.4, 0.5) is 0 Å². The zero-order chi connectivity index (χ0) is 15.4. The molecule has 0 aromatic rings. The largest absolute Gasteiger partial charge is 0.343 e. The quantitative estimate of drug-likeness (QED) is 0.454. The van der Waals surface area contributed by atoms with Gasteiger partial charge in [0.25, 0.3) is 5.97 Å². The van der Waals surface area contributed by atoms with Crippen molar-refractivity contribution < 1.29 is 15.3 Å². The molecule has 0 amide bonds. The maximum Gasteiger partial charge on any atom is 0.281 e. The highest BCUT2D eigenvalue weighted by molar-refractivity contribution is 5.06. The lowest BCUT2D eigenvalue weighted by Crippen LogP contribution is -2.56. The normalized spacial score (nSPS) is 50.4. The van der Waals surface area contributed by atoms with Crippen molar-refractivity contribution in [3.8, 4) is 0 Å². The van der Waals surface area contributed by atoms with Crippen molar-refractivity contribution in [1.82, 2.24) is 0 Å². The molecule has 20 heavy (non-hydrogen) atoms. The summed E-state index contributed by atoms with van der Waals surface area (Å²) in [6, 6.07) is 0. The van der Waals surface area contributed by atoms with E-state index in [0.29, 0.717) is 31.1 Å². The Kier molecular flexibility index (Phi) is 3.76. The summed E-state index contributed by atoms with van der Waals surface area (Å²) in [5.41, 5.74) is 11.1. The number of rotatable bonds is 1. The van der Waals surface area contributed by atoms with Gasteiger partial charge in [-0.1, -0.05) is 13.8 Å². The van der Waals surface area contributed by atoms with Crippen LogP contribution in [0.3, 0.4) is 0 Å². The average Bonchev–Trinajstić information content (AvgIpc) is 2.36. The van der Waals surface area contributed by atoms with Crippen LogP contribution in [0.5, 0.6) is 0 Å². The average molecular weight is 286 g/mol. The van der Waals surface area contributed by atoms with E-state index in [1.807, 2.05) is 6.92 Å². The van der Waals surface area contributed by atoms with Crippen LogP contribution in [-0.2, 0) is 0 Å². The molecule has 5 nitrogen and oxygen atoms in total. The third kappa shape index (κ3) is 3.02. The fourth-order valence-electron chi connectivity index (χ4n) is 4.75. The smallest absolute Gasteiger partial charge is 0.281 e. The van der Waals surface area contributed by atoms with Crippen LogP contribution in [0, 0.1) is 17.3 Å². The molecule has 2 aliphatic rings. The van der Waals surface area contributed by atoms with E-state index in [-0.39, 0.29) is 5.54 Å². The maximum atomic E-state index is 9.75. The van der Waals surface area contributed by atoms with Crippen molar-refractivity contribution in [2.24, 2.45) is 28.7 Å². The molecule has 2 aliphatic carbocycles. The molecule has 2 saturated carbocycles. The van der Waals surface area contributed by atoms with Crippen LogP contribution in [0.1, 0.15) is 59.3 Å². The van der Waals surface area contributed by atoms with Gasteiger partial charge in [-0.3, -0.25) is 0 Å². The third-order valence-corrected chi connectivity index (χ3v) is 5.64. The van der Waals surface area contributed by atoms with E-state index in [9.17, 15) is 15.3 Å². The van der Waals surface area contributed by atoms with Crippen molar-refractivity contribution in [2.75, 3.05) is 0 Å². The first kappa shape index (κ1) is 16.2. The summed E-state index contributed by atoms with van der Waals surface area (Å²) in [5, 5.41) is 29.3. The van der Waals surface area contributed by atoms with Crippen LogP contribution >= 0.6 is 0 Å². The van der Waals surface area contributed by atoms with Gasteiger partial charge in [0.15, 0.2) is 0 Å². The van der Waals surface area contributed by atoms with Crippen LogP contribution < -0.4 is 11.5 Å². The first-order chi connectivity index (χ1) is 8.86. The number of hydrogen-bond acceptors (Lipinski definition) is 5. The van der Waals surface area contributed by atoms with Gasteiger partial charge in [-0.25, -0.2) is 0 Å². The minimum atomic E-state index is -2.69. The summed E-state index contributed by atoms with van der Waals surface area (Å²) in [6.07, 6.45) is 4.20. The van der Waals surface area contributed by atoms with Gasteiger partial charge in [0.05, 0.1) is 5.41 Å². The molecule has 0 aromatic heterocycles. The number of fused-ring (bicyclic) bond motifs is 2. The molecule has 0 spiro atoms. The molecule has 2 rings (SSSR count). The highest BCUT2D eigenvalue weighted by atomic mass is 16.7. The molecule has 7 N–H and O–H groups in total. The maximum absolute atomic E-state index is 9.75. The third-order valence-electron chi connectivity index (χ3n) is 5.64. The van der Waals surface area contributed by atoms with Gasteiger partial charge < -0.3 is 26.8 Å². The van der Waals surface area contributed by atoms with E-state index in [4.69, 9.17) is 11.5 Å². The van der Waals surface area contributed by atoms with Crippen molar-refractivity contribution in [2.45, 2.75) is 76.3 Å². The van der Waals surface area contributed by atoms with Gasteiger partial charge in [0.2, 0.25) is 0 Å². The lowest BCUT2D eigenvalue weighted by Gasteiger charge is -2.44. The molecule has 0 saturated heterocycles. The van der Waals surface area contributed by atoms with E-state index >= 15 is 0 Å². The Balaban J connectivity index is 2.37. The summed E-state index contributed by atoms with van der Waals surface area (Å²) in [5.74, 6) is -1.81. The topological polar surface area (TPSA) is 113 Å². The van der Waals surface area contributed by atoms with Gasteiger partial charge in [0, 0.05) is 11.1 Å². The van der Waals surface area contributed by atoms with Crippen LogP contribution in [0.25, 0.3) is 0 Å². The number of aliphatic hydroxyl groups is 3. The predicted octanol–water partition coefficient (Wildman–Crippen LogP) is 0.658. The van der Waals surface area contributed by atoms with Gasteiger partial charge in [0.1, 0.15) is 0 Å². The molecule has 5 atom stereocenters. The molecule has 5 heteroatoms. The van der Waals surface area contributed by atoms with E-state index < -0.39 is 16.9 Å². The molecular formula is C15H30N2O3. The summed E-state index contributed by atoms with van der Waals surface area (Å²) >= 11 is 0. The number of nitrogens with two attached hydrogens (primary N) is 2. The molecule has 0 heterocycles. The summed E-state index contributed by atoms with van der Waals surface area (Å²) < 4.78 is 0. The summed E-state index contributed by atoms with van der Waals surface area (Å²) in [6.45, 7) is 5.93. The fraction of sp³-hybridized carbons (Fsp3) is 1.00. The summed E-state index contributed by atoms with van der Waals surface area (Å²) in [4.78, 5) is 0. The van der Waals surface area contributed by atoms with Crippen molar-refractivity contribution in [1.29, 1.82) is 0 Å². The Morgan fingerprint density at radius 3 is 2.20 bits per heavy atom. The predicted molar refractivity (Wildman–Crippen MR) is 77.4 cm³/mol. The second-order valence-corrected chi connectivity index (χ2v) is 8.25. The zero-order valence-electron chi connectivity index (χ0n) is 12.9. The lowest BCUT2D eigenvalue weighted by atomic mass is 9.70. The Morgan fingerprint density at radius 1 is 1.05 bits per heavy atom. The van der Waals surface area contributed by atoms with Gasteiger partial charge in [-0.15, -0.1) is 0 Å². The van der Waals surface area contributed by atoms with Crippen molar-refractivity contribution in [3.05, 3.63) is 0 Å². The second-order valence-electron chi connectivity index (χ2n) is 8.25. The minimum absolute atomic E-state index is 0.343. The minimum Gasteiger partial charge on any atom is -0.343 e. The molecule has 0 aliphatic heterocycles. The highest BCUT2D eigenvalue weighted by Gasteiger charge is 2.54. The zero-order valence-corrected chi connectivity index (χ0v) is 12.9. The Hall–Kier alpha value is -0.200. The molecular weight excluding hydrogens is 256 g/mol. The standard InChI is InChI=1S/C15H30N2O3/c1-10-6-13(3,16)9-14(17)7-11(10)4-5-12(2,8-14)15(18,19)20/h10-11,18-20H,4-9,16-17H2,1-3H3. The lowest BCUT2D eigenvalue weighted by molar-refractivity contribution is -0.375. The molecule has 5 unspecified atom stereocenters. The van der Waals surface area contributed by atoms with E-state index in [1.165, 1.54) is 0 Å². The summed E-state index contributed by atoms with van der Waals surface area (Å²) in [7, 11) is 0. The van der Waals surface area contributed by atoms with Crippen molar-refractivity contribution in [3.63, 3.8) is 0 Å². The SMILES string of the molecule is CC1CC(C)(N)CC2(N)CC1CCC(C)(C(O)(O)O)C2. The van der Waals surface area contributed by atoms with Gasteiger partial charge >= 0.3 is 0 Å². The van der Waals surface area contributed by atoms with E-state index in [0.717, 1.165) is 19.3 Å². The highest BCUT2D eigenvalue weighted by Crippen LogP contribution is 2.51. The van der Waals surface area contributed by atoms with Gasteiger partial charge in [-0.05, 0) is 57.3 Å². The van der Waals surface area contributed by atoms with Crippen LogP contribution in [-0.4, -0.2) is 32.4 Å².